The van der Waals surface area contributed by atoms with Crippen LogP contribution in [0.2, 0.25) is 0 Å². The third-order valence-electron chi connectivity index (χ3n) is 4.31. The van der Waals surface area contributed by atoms with Crippen LogP contribution in [0, 0.1) is 5.82 Å². The number of nitrogens with one attached hydrogen (secondary N) is 1. The van der Waals surface area contributed by atoms with Gasteiger partial charge in [0.25, 0.3) is 0 Å². The normalized spacial score (nSPS) is 12.6. The SMILES string of the molecule is O=C(Cc1csc(-c2cccc(F)c2)n1)NCCc1ccc2c(c1)OCCO2. The average molecular weight is 398 g/mol. The zero-order valence-corrected chi connectivity index (χ0v) is 15.9. The molecule has 144 valence electrons. The van der Waals surface area contributed by atoms with Gasteiger partial charge in [-0.1, -0.05) is 18.2 Å². The van der Waals surface area contributed by atoms with Crippen LogP contribution < -0.4 is 14.8 Å². The van der Waals surface area contributed by atoms with Gasteiger partial charge in [-0.05, 0) is 36.2 Å². The molecule has 0 fully saturated rings. The number of amides is 1. The van der Waals surface area contributed by atoms with Gasteiger partial charge < -0.3 is 14.8 Å². The van der Waals surface area contributed by atoms with Crippen molar-refractivity contribution in [3.05, 3.63) is 64.9 Å². The second kappa shape index (κ2) is 8.39. The van der Waals surface area contributed by atoms with Crippen molar-refractivity contribution in [1.29, 1.82) is 0 Å². The molecule has 0 aliphatic carbocycles. The summed E-state index contributed by atoms with van der Waals surface area (Å²) >= 11 is 1.40. The van der Waals surface area contributed by atoms with Gasteiger partial charge in [0.15, 0.2) is 11.5 Å². The first kappa shape index (κ1) is 18.4. The van der Waals surface area contributed by atoms with Crippen molar-refractivity contribution in [3.8, 4) is 22.1 Å². The van der Waals surface area contributed by atoms with Gasteiger partial charge in [0, 0.05) is 17.5 Å². The molecular weight excluding hydrogens is 379 g/mol. The Hall–Kier alpha value is -2.93. The van der Waals surface area contributed by atoms with Gasteiger partial charge in [-0.15, -0.1) is 11.3 Å². The minimum absolute atomic E-state index is 0.0892. The van der Waals surface area contributed by atoms with Gasteiger partial charge >= 0.3 is 0 Å². The number of fused-ring (bicyclic) bond motifs is 1. The number of benzene rings is 2. The number of ether oxygens (including phenoxy) is 2. The molecule has 4 rings (SSSR count). The van der Waals surface area contributed by atoms with Crippen LogP contribution in [0.25, 0.3) is 10.6 Å². The number of carbonyl (C=O) groups excluding carboxylic acids is 1. The fourth-order valence-electron chi connectivity index (χ4n) is 2.96. The van der Waals surface area contributed by atoms with Gasteiger partial charge in [0.1, 0.15) is 24.0 Å². The van der Waals surface area contributed by atoms with Crippen molar-refractivity contribution in [2.24, 2.45) is 0 Å². The molecule has 2 aromatic carbocycles. The lowest BCUT2D eigenvalue weighted by atomic mass is 10.1. The van der Waals surface area contributed by atoms with E-state index in [1.54, 1.807) is 12.1 Å². The molecule has 1 aliphatic rings. The number of nitrogens with zero attached hydrogens (tertiary/aromatic N) is 1. The molecule has 0 radical (unpaired) electrons. The van der Waals surface area contributed by atoms with E-state index in [4.69, 9.17) is 9.47 Å². The summed E-state index contributed by atoms with van der Waals surface area (Å²) in [7, 11) is 0. The summed E-state index contributed by atoms with van der Waals surface area (Å²) in [6, 6.07) is 12.1. The van der Waals surface area contributed by atoms with Crippen LogP contribution in [-0.2, 0) is 17.6 Å². The molecule has 1 N–H and O–H groups in total. The quantitative estimate of drug-likeness (QED) is 0.689. The Morgan fingerprint density at radius 3 is 2.86 bits per heavy atom. The van der Waals surface area contributed by atoms with E-state index in [9.17, 15) is 9.18 Å². The fraction of sp³-hybridized carbons (Fsp3) is 0.238. The summed E-state index contributed by atoms with van der Waals surface area (Å²) in [5.41, 5.74) is 2.47. The minimum atomic E-state index is -0.300. The number of aromatic nitrogens is 1. The molecule has 1 amide bonds. The molecule has 7 heteroatoms. The molecule has 0 bridgehead atoms. The molecule has 0 atom stereocenters. The summed E-state index contributed by atoms with van der Waals surface area (Å²) in [5, 5.41) is 5.45. The predicted molar refractivity (Wildman–Crippen MR) is 105 cm³/mol. The van der Waals surface area contributed by atoms with Gasteiger partial charge in [-0.25, -0.2) is 9.37 Å². The van der Waals surface area contributed by atoms with E-state index < -0.39 is 0 Å². The third kappa shape index (κ3) is 4.48. The highest BCUT2D eigenvalue weighted by atomic mass is 32.1. The molecule has 1 aliphatic heterocycles. The fourth-order valence-corrected chi connectivity index (χ4v) is 3.78. The summed E-state index contributed by atoms with van der Waals surface area (Å²) in [5.74, 6) is 1.12. The maximum Gasteiger partial charge on any atom is 0.226 e. The summed E-state index contributed by atoms with van der Waals surface area (Å²) in [4.78, 5) is 16.6. The topological polar surface area (TPSA) is 60.5 Å². The Bertz CT molecular complexity index is 989. The lowest BCUT2D eigenvalue weighted by molar-refractivity contribution is -0.120. The Balaban J connectivity index is 1.28. The number of carbonyl (C=O) groups is 1. The zero-order chi connectivity index (χ0) is 19.3. The van der Waals surface area contributed by atoms with E-state index in [2.05, 4.69) is 10.3 Å². The summed E-state index contributed by atoms with van der Waals surface area (Å²) < 4.78 is 24.4. The van der Waals surface area contributed by atoms with Crippen molar-refractivity contribution in [2.45, 2.75) is 12.8 Å². The number of thiazole rings is 1. The first-order valence-electron chi connectivity index (χ1n) is 9.03. The highest BCUT2D eigenvalue weighted by Gasteiger charge is 2.12. The lowest BCUT2D eigenvalue weighted by Crippen LogP contribution is -2.27. The largest absolute Gasteiger partial charge is 0.486 e. The Morgan fingerprint density at radius 2 is 2.00 bits per heavy atom. The van der Waals surface area contributed by atoms with Crippen LogP contribution in [0.15, 0.2) is 47.8 Å². The van der Waals surface area contributed by atoms with E-state index in [0.29, 0.717) is 36.9 Å². The number of halogens is 1. The van der Waals surface area contributed by atoms with Crippen LogP contribution in [0.5, 0.6) is 11.5 Å². The van der Waals surface area contributed by atoms with Crippen LogP contribution in [0.1, 0.15) is 11.3 Å². The van der Waals surface area contributed by atoms with Crippen molar-refractivity contribution in [3.63, 3.8) is 0 Å². The Kier molecular flexibility index (Phi) is 5.53. The maximum absolute atomic E-state index is 13.3. The van der Waals surface area contributed by atoms with E-state index in [0.717, 1.165) is 22.6 Å². The molecular formula is C21H19FN2O3S. The standard InChI is InChI=1S/C21H19FN2O3S/c22-16-3-1-2-15(11-16)21-24-17(13-28-21)12-20(25)23-7-6-14-4-5-18-19(10-14)27-9-8-26-18/h1-5,10-11,13H,6-9,12H2,(H,23,25). The van der Waals surface area contributed by atoms with E-state index >= 15 is 0 Å². The zero-order valence-electron chi connectivity index (χ0n) is 15.1. The van der Waals surface area contributed by atoms with Gasteiger partial charge in [-0.2, -0.15) is 0 Å². The lowest BCUT2D eigenvalue weighted by Gasteiger charge is -2.18. The molecule has 1 aromatic heterocycles. The average Bonchev–Trinajstić information content (AvgIpc) is 3.16. The molecule has 3 aromatic rings. The highest BCUT2D eigenvalue weighted by molar-refractivity contribution is 7.13. The number of rotatable bonds is 6. The molecule has 2 heterocycles. The van der Waals surface area contributed by atoms with Crippen LogP contribution in [0.3, 0.4) is 0 Å². The van der Waals surface area contributed by atoms with Crippen LogP contribution in [-0.4, -0.2) is 30.6 Å². The van der Waals surface area contributed by atoms with Crippen LogP contribution >= 0.6 is 11.3 Å². The number of hydrogen-bond acceptors (Lipinski definition) is 5. The molecule has 0 saturated heterocycles. The van der Waals surface area contributed by atoms with Crippen molar-refractivity contribution < 1.29 is 18.7 Å². The third-order valence-corrected chi connectivity index (χ3v) is 5.25. The highest BCUT2D eigenvalue weighted by Crippen LogP contribution is 2.30. The second-order valence-electron chi connectivity index (χ2n) is 6.41. The molecule has 28 heavy (non-hydrogen) atoms. The molecule has 0 spiro atoms. The molecule has 5 nitrogen and oxygen atoms in total. The molecule has 0 unspecified atom stereocenters. The van der Waals surface area contributed by atoms with Crippen molar-refractivity contribution in [1.82, 2.24) is 10.3 Å². The first-order chi connectivity index (χ1) is 13.7. The second-order valence-corrected chi connectivity index (χ2v) is 7.27. The van der Waals surface area contributed by atoms with Crippen molar-refractivity contribution in [2.75, 3.05) is 19.8 Å². The van der Waals surface area contributed by atoms with Gasteiger partial charge in [0.05, 0.1) is 12.1 Å². The van der Waals surface area contributed by atoms with Gasteiger partial charge in [-0.3, -0.25) is 4.79 Å². The first-order valence-corrected chi connectivity index (χ1v) is 9.91. The number of hydrogen-bond donors (Lipinski definition) is 1. The predicted octanol–water partition coefficient (Wildman–Crippen LogP) is 3.62. The van der Waals surface area contributed by atoms with E-state index in [1.165, 1.54) is 23.5 Å². The summed E-state index contributed by atoms with van der Waals surface area (Å²) in [6.07, 6.45) is 0.904. The smallest absolute Gasteiger partial charge is 0.226 e. The van der Waals surface area contributed by atoms with E-state index in [-0.39, 0.29) is 18.1 Å². The minimum Gasteiger partial charge on any atom is -0.486 e. The molecule has 0 saturated carbocycles. The maximum atomic E-state index is 13.3. The van der Waals surface area contributed by atoms with E-state index in [1.807, 2.05) is 23.6 Å². The Labute approximate surface area is 166 Å². The summed E-state index contributed by atoms with van der Waals surface area (Å²) in [6.45, 7) is 1.65. The van der Waals surface area contributed by atoms with Gasteiger partial charge in [0.2, 0.25) is 5.91 Å². The Morgan fingerprint density at radius 1 is 1.14 bits per heavy atom. The monoisotopic (exact) mass is 398 g/mol. The van der Waals surface area contributed by atoms with Crippen LogP contribution in [0.4, 0.5) is 4.39 Å². The van der Waals surface area contributed by atoms with Crippen molar-refractivity contribution >= 4 is 17.2 Å².